The highest BCUT2D eigenvalue weighted by Crippen LogP contribution is 2.34. The zero-order valence-corrected chi connectivity index (χ0v) is 15.9. The molecule has 0 spiro atoms. The minimum absolute atomic E-state index is 0.234. The van der Waals surface area contributed by atoms with E-state index < -0.39 is 40.7 Å². The summed E-state index contributed by atoms with van der Waals surface area (Å²) in [5.74, 6) is -0.302. The van der Waals surface area contributed by atoms with Crippen molar-refractivity contribution < 1.29 is 27.8 Å². The van der Waals surface area contributed by atoms with Crippen LogP contribution in [0.2, 0.25) is 0 Å². The number of halogens is 1. The molecule has 9 heteroatoms. The Hall–Kier alpha value is -2.51. The zero-order valence-electron chi connectivity index (χ0n) is 15.0. The van der Waals surface area contributed by atoms with Crippen molar-refractivity contribution in [3.8, 4) is 5.75 Å². The molecule has 2 aromatic carbocycles. The summed E-state index contributed by atoms with van der Waals surface area (Å²) in [6, 6.07) is 9.78. The van der Waals surface area contributed by atoms with Crippen LogP contribution in [0.3, 0.4) is 0 Å². The number of hydrogen-bond acceptors (Lipinski definition) is 5. The first-order chi connectivity index (χ1) is 13.2. The molecule has 0 bridgehead atoms. The first-order valence-corrected chi connectivity index (χ1v) is 9.87. The Morgan fingerprint density at radius 2 is 2.00 bits per heavy atom. The summed E-state index contributed by atoms with van der Waals surface area (Å²) in [5, 5.41) is 20.4. The van der Waals surface area contributed by atoms with Crippen LogP contribution in [0.25, 0.3) is 4.85 Å². The van der Waals surface area contributed by atoms with Crippen molar-refractivity contribution in [3.05, 3.63) is 65.3 Å². The third kappa shape index (κ3) is 3.72. The summed E-state index contributed by atoms with van der Waals surface area (Å²) >= 11 is 0. The second-order valence-electron chi connectivity index (χ2n) is 6.70. The number of β-amino-alcohol motifs (C(OH)–C–C–N with tert-alkyl or cyclic N) is 1. The van der Waals surface area contributed by atoms with Crippen LogP contribution in [0.15, 0.2) is 47.4 Å². The molecule has 7 nitrogen and oxygen atoms in total. The molecule has 1 aliphatic rings. The van der Waals surface area contributed by atoms with E-state index in [0.29, 0.717) is 5.75 Å². The SMILES string of the molecule is [C-]#[N+]c1cc(F)ccc1S(=O)(=O)N1C[C@H](Oc2ccc(C)cc2)[C@@](O)(CO)C1. The van der Waals surface area contributed by atoms with E-state index >= 15 is 0 Å². The van der Waals surface area contributed by atoms with Gasteiger partial charge in [-0.05, 0) is 37.3 Å². The lowest BCUT2D eigenvalue weighted by molar-refractivity contribution is -0.0640. The molecule has 0 aromatic heterocycles. The third-order valence-electron chi connectivity index (χ3n) is 4.65. The Morgan fingerprint density at radius 3 is 2.61 bits per heavy atom. The van der Waals surface area contributed by atoms with Gasteiger partial charge in [0.05, 0.1) is 24.6 Å². The second kappa shape index (κ2) is 7.48. The van der Waals surface area contributed by atoms with Crippen LogP contribution < -0.4 is 4.74 Å². The smallest absolute Gasteiger partial charge is 0.233 e. The highest BCUT2D eigenvalue weighted by Gasteiger charge is 2.51. The van der Waals surface area contributed by atoms with Gasteiger partial charge in [0.15, 0.2) is 0 Å². The van der Waals surface area contributed by atoms with E-state index in [1.165, 1.54) is 0 Å². The Labute approximate surface area is 162 Å². The van der Waals surface area contributed by atoms with Crippen molar-refractivity contribution in [2.45, 2.75) is 23.5 Å². The summed E-state index contributed by atoms with van der Waals surface area (Å²) in [6.45, 7) is 7.64. The first-order valence-electron chi connectivity index (χ1n) is 8.43. The molecule has 0 radical (unpaired) electrons. The molecule has 1 saturated heterocycles. The van der Waals surface area contributed by atoms with Gasteiger partial charge in [-0.1, -0.05) is 17.7 Å². The van der Waals surface area contributed by atoms with Crippen molar-refractivity contribution in [3.63, 3.8) is 0 Å². The molecular formula is C19H19FN2O5S. The fourth-order valence-corrected chi connectivity index (χ4v) is 4.64. The molecule has 2 atom stereocenters. The van der Waals surface area contributed by atoms with Gasteiger partial charge < -0.3 is 14.9 Å². The fraction of sp³-hybridized carbons (Fsp3) is 0.316. The van der Waals surface area contributed by atoms with Gasteiger partial charge in [0.25, 0.3) is 0 Å². The Bertz CT molecular complexity index is 1020. The van der Waals surface area contributed by atoms with Gasteiger partial charge in [-0.2, -0.15) is 4.31 Å². The maximum Gasteiger partial charge on any atom is 0.233 e. The van der Waals surface area contributed by atoms with Crippen LogP contribution in [0, 0.1) is 19.3 Å². The van der Waals surface area contributed by atoms with Crippen molar-refractivity contribution in [1.82, 2.24) is 4.31 Å². The molecule has 0 aliphatic carbocycles. The highest BCUT2D eigenvalue weighted by atomic mass is 32.2. The number of aliphatic hydroxyl groups is 2. The monoisotopic (exact) mass is 406 g/mol. The molecule has 28 heavy (non-hydrogen) atoms. The topological polar surface area (TPSA) is 91.4 Å². The summed E-state index contributed by atoms with van der Waals surface area (Å²) in [7, 11) is -4.21. The molecule has 148 valence electrons. The average Bonchev–Trinajstić information content (AvgIpc) is 3.01. The molecule has 2 N–H and O–H groups in total. The molecular weight excluding hydrogens is 387 g/mol. The summed E-state index contributed by atoms with van der Waals surface area (Å²) < 4.78 is 46.0. The highest BCUT2D eigenvalue weighted by molar-refractivity contribution is 7.89. The van der Waals surface area contributed by atoms with Gasteiger partial charge in [-0.25, -0.2) is 17.7 Å². The summed E-state index contributed by atoms with van der Waals surface area (Å²) in [5.41, 5.74) is -1.17. The number of rotatable bonds is 5. The van der Waals surface area contributed by atoms with E-state index in [4.69, 9.17) is 11.3 Å². The molecule has 1 fully saturated rings. The first kappa shape index (κ1) is 20.2. The molecule has 1 aliphatic heterocycles. The maximum absolute atomic E-state index is 13.4. The van der Waals surface area contributed by atoms with Crippen molar-refractivity contribution in [1.29, 1.82) is 0 Å². The average molecular weight is 406 g/mol. The standard InChI is InChI=1S/C19H19FN2O5S/c1-13-3-6-15(7-4-13)27-18-10-22(11-19(18,24)12-23)28(25,26)17-8-5-14(20)9-16(17)21-2/h3-9,18,23-24H,10-12H2,1H3/t18-,19-/m0/s1. The Morgan fingerprint density at radius 1 is 1.32 bits per heavy atom. The molecule has 0 saturated carbocycles. The van der Waals surface area contributed by atoms with Crippen molar-refractivity contribution in [2.24, 2.45) is 0 Å². The summed E-state index contributed by atoms with van der Waals surface area (Å²) in [4.78, 5) is 2.72. The Balaban J connectivity index is 1.91. The number of hydrogen-bond donors (Lipinski definition) is 2. The van der Waals surface area contributed by atoms with E-state index in [2.05, 4.69) is 4.85 Å². The van der Waals surface area contributed by atoms with Gasteiger partial charge in [0.2, 0.25) is 15.7 Å². The van der Waals surface area contributed by atoms with Gasteiger partial charge in [-0.3, -0.25) is 0 Å². The third-order valence-corrected chi connectivity index (χ3v) is 6.51. The maximum atomic E-state index is 13.4. The molecule has 0 amide bonds. The van der Waals surface area contributed by atoms with Crippen molar-refractivity contribution in [2.75, 3.05) is 19.7 Å². The lowest BCUT2D eigenvalue weighted by atomic mass is 10.0. The van der Waals surface area contributed by atoms with Crippen molar-refractivity contribution >= 4 is 15.7 Å². The van der Waals surface area contributed by atoms with Crippen LogP contribution in [0.1, 0.15) is 5.56 Å². The minimum atomic E-state index is -4.21. The lowest BCUT2D eigenvalue weighted by Crippen LogP contribution is -2.48. The van der Waals surface area contributed by atoms with Gasteiger partial charge in [0.1, 0.15) is 23.3 Å². The van der Waals surface area contributed by atoms with Crippen LogP contribution >= 0.6 is 0 Å². The molecule has 2 aromatic rings. The quantitative estimate of drug-likeness (QED) is 0.740. The number of ether oxygens (including phenoxy) is 1. The minimum Gasteiger partial charge on any atom is -0.486 e. The summed E-state index contributed by atoms with van der Waals surface area (Å²) in [6.07, 6.45) is -1.02. The van der Waals surface area contributed by atoms with E-state index in [9.17, 15) is 23.0 Å². The Kier molecular flexibility index (Phi) is 5.41. The number of aliphatic hydroxyl groups excluding tert-OH is 1. The van der Waals surface area contributed by atoms with Crippen LogP contribution in [0.4, 0.5) is 10.1 Å². The number of aryl methyl sites for hydroxylation is 1. The molecule has 3 rings (SSSR count). The van der Waals surface area contributed by atoms with Gasteiger partial charge in [0, 0.05) is 6.54 Å². The van der Waals surface area contributed by atoms with Gasteiger partial charge in [-0.15, -0.1) is 0 Å². The van der Waals surface area contributed by atoms with Gasteiger partial charge >= 0.3 is 0 Å². The fourth-order valence-electron chi connectivity index (χ4n) is 3.02. The van der Waals surface area contributed by atoms with E-state index in [-0.39, 0.29) is 17.1 Å². The molecule has 0 unspecified atom stereocenters. The number of sulfonamides is 1. The van der Waals surface area contributed by atoms with E-state index in [0.717, 1.165) is 28.1 Å². The lowest BCUT2D eigenvalue weighted by Gasteiger charge is -2.27. The normalized spacial score (nSPS) is 22.8. The van der Waals surface area contributed by atoms with E-state index in [1.54, 1.807) is 24.3 Å². The predicted molar refractivity (Wildman–Crippen MR) is 99.1 cm³/mol. The number of benzene rings is 2. The largest absolute Gasteiger partial charge is 0.486 e. The van der Waals surface area contributed by atoms with Crippen LogP contribution in [-0.4, -0.2) is 54.3 Å². The van der Waals surface area contributed by atoms with E-state index in [1.807, 2.05) is 6.92 Å². The van der Waals surface area contributed by atoms with Crippen LogP contribution in [0.5, 0.6) is 5.75 Å². The predicted octanol–water partition coefficient (Wildman–Crippen LogP) is 1.86. The molecule has 1 heterocycles. The van der Waals surface area contributed by atoms with Crippen LogP contribution in [-0.2, 0) is 10.0 Å². The number of nitrogens with zero attached hydrogens (tertiary/aromatic N) is 2. The second-order valence-corrected chi connectivity index (χ2v) is 8.61. The zero-order chi connectivity index (χ0) is 20.5.